The third-order valence-corrected chi connectivity index (χ3v) is 7.70. The van der Waals surface area contributed by atoms with Crippen LogP contribution in [-0.4, -0.2) is 33.3 Å². The number of rotatable bonds is 6. The van der Waals surface area contributed by atoms with Crippen LogP contribution in [0, 0.1) is 12.8 Å². The Hall–Kier alpha value is -4.71. The van der Waals surface area contributed by atoms with Gasteiger partial charge in [0.25, 0.3) is 0 Å². The van der Waals surface area contributed by atoms with Crippen molar-refractivity contribution in [2.45, 2.75) is 31.3 Å². The number of carbonyl (C=O) groups is 3. The van der Waals surface area contributed by atoms with Crippen molar-refractivity contribution in [3.63, 3.8) is 0 Å². The first-order valence-corrected chi connectivity index (χ1v) is 12.9. The van der Waals surface area contributed by atoms with Crippen molar-refractivity contribution in [1.82, 2.24) is 4.90 Å². The number of hydrogen-bond acceptors (Lipinski definition) is 3. The molecule has 4 aromatic carbocycles. The van der Waals surface area contributed by atoms with Crippen molar-refractivity contribution in [3.8, 4) is 0 Å². The standard InChI is InChI=1S/C33H30N2O4/c1-22-18-20-24(21-19-22)29-27(30(36)25-14-8-4-9-15-25)28(23-12-6-3-7-13-23)33(2,31(37)38)35(29)32(39)34-26-16-10-5-11-17-26/h3-21,27-29H,1-2H3,(H,34,39)(H,37,38). The van der Waals surface area contributed by atoms with Gasteiger partial charge in [-0.05, 0) is 37.1 Å². The maximum Gasteiger partial charge on any atom is 0.330 e. The number of para-hydroxylation sites is 1. The summed E-state index contributed by atoms with van der Waals surface area (Å²) in [7, 11) is 0. The summed E-state index contributed by atoms with van der Waals surface area (Å²) in [4.78, 5) is 43.1. The first kappa shape index (κ1) is 25.9. The second-order valence-corrected chi connectivity index (χ2v) is 10.1. The van der Waals surface area contributed by atoms with Crippen LogP contribution in [0.5, 0.6) is 0 Å². The van der Waals surface area contributed by atoms with Crippen LogP contribution in [0.1, 0.15) is 45.9 Å². The molecule has 1 heterocycles. The highest BCUT2D eigenvalue weighted by atomic mass is 16.4. The predicted octanol–water partition coefficient (Wildman–Crippen LogP) is 6.71. The van der Waals surface area contributed by atoms with Gasteiger partial charge in [0.15, 0.2) is 5.78 Å². The van der Waals surface area contributed by atoms with Gasteiger partial charge < -0.3 is 10.4 Å². The van der Waals surface area contributed by atoms with Crippen LogP contribution in [0.25, 0.3) is 0 Å². The van der Waals surface area contributed by atoms with Crippen LogP contribution in [0.3, 0.4) is 0 Å². The van der Waals surface area contributed by atoms with Crippen molar-refractivity contribution in [3.05, 3.63) is 138 Å². The average Bonchev–Trinajstić information content (AvgIpc) is 3.25. The van der Waals surface area contributed by atoms with Crippen LogP contribution in [0.2, 0.25) is 0 Å². The van der Waals surface area contributed by atoms with E-state index in [2.05, 4.69) is 5.32 Å². The maximum absolute atomic E-state index is 14.4. The fourth-order valence-corrected chi connectivity index (χ4v) is 5.81. The molecule has 1 saturated heterocycles. The minimum atomic E-state index is -1.75. The van der Waals surface area contributed by atoms with Crippen LogP contribution < -0.4 is 5.32 Å². The second-order valence-electron chi connectivity index (χ2n) is 10.1. The number of carboxylic acid groups (broad SMARTS) is 1. The molecule has 2 N–H and O–H groups in total. The number of nitrogens with zero attached hydrogens (tertiary/aromatic N) is 1. The molecule has 1 aliphatic heterocycles. The highest BCUT2D eigenvalue weighted by molar-refractivity contribution is 6.03. The molecule has 1 fully saturated rings. The van der Waals surface area contributed by atoms with Crippen LogP contribution in [0.4, 0.5) is 10.5 Å². The van der Waals surface area contributed by atoms with E-state index in [1.165, 1.54) is 4.90 Å². The summed E-state index contributed by atoms with van der Waals surface area (Å²) < 4.78 is 0. The van der Waals surface area contributed by atoms with Crippen LogP contribution >= 0.6 is 0 Å². The number of anilines is 1. The Morgan fingerprint density at radius 2 is 1.28 bits per heavy atom. The highest BCUT2D eigenvalue weighted by Crippen LogP contribution is 2.56. The molecule has 4 atom stereocenters. The molecule has 39 heavy (non-hydrogen) atoms. The van der Waals surface area contributed by atoms with Gasteiger partial charge in [-0.3, -0.25) is 9.69 Å². The van der Waals surface area contributed by atoms with Crippen LogP contribution in [0.15, 0.2) is 115 Å². The molecule has 6 heteroatoms. The number of ketones is 1. The Bertz CT molecular complexity index is 1470. The zero-order valence-corrected chi connectivity index (χ0v) is 21.8. The third-order valence-electron chi connectivity index (χ3n) is 7.70. The van der Waals surface area contributed by atoms with Crippen molar-refractivity contribution in [1.29, 1.82) is 0 Å². The van der Waals surface area contributed by atoms with Gasteiger partial charge in [-0.2, -0.15) is 0 Å². The quantitative estimate of drug-likeness (QED) is 0.278. The van der Waals surface area contributed by atoms with E-state index in [1.807, 2.05) is 73.7 Å². The summed E-state index contributed by atoms with van der Waals surface area (Å²) in [5.74, 6) is -3.07. The minimum Gasteiger partial charge on any atom is -0.479 e. The van der Waals surface area contributed by atoms with Gasteiger partial charge in [-0.15, -0.1) is 0 Å². The molecule has 1 aliphatic rings. The zero-order chi connectivity index (χ0) is 27.6. The number of aryl methyl sites for hydroxylation is 1. The molecule has 5 rings (SSSR count). The predicted molar refractivity (Wildman–Crippen MR) is 151 cm³/mol. The van der Waals surface area contributed by atoms with Crippen molar-refractivity contribution in [2.24, 2.45) is 5.92 Å². The molecule has 0 bridgehead atoms. The SMILES string of the molecule is Cc1ccc(C2C(C(=O)c3ccccc3)C(c3ccccc3)C(C)(C(=O)O)N2C(=O)Nc2ccccc2)cc1. The third kappa shape index (κ3) is 4.70. The molecular weight excluding hydrogens is 488 g/mol. The number of likely N-dealkylation sites (tertiary alicyclic amines) is 1. The van der Waals surface area contributed by atoms with E-state index in [9.17, 15) is 19.5 Å². The van der Waals surface area contributed by atoms with Gasteiger partial charge in [0.2, 0.25) is 0 Å². The number of Topliss-reactive ketones (excluding diaryl/α,β-unsaturated/α-hetero) is 1. The van der Waals surface area contributed by atoms with Crippen molar-refractivity contribution in [2.75, 3.05) is 5.32 Å². The first-order valence-electron chi connectivity index (χ1n) is 12.9. The van der Waals surface area contributed by atoms with Gasteiger partial charge in [0.1, 0.15) is 5.54 Å². The lowest BCUT2D eigenvalue weighted by atomic mass is 9.71. The van der Waals surface area contributed by atoms with Gasteiger partial charge >= 0.3 is 12.0 Å². The lowest BCUT2D eigenvalue weighted by Crippen LogP contribution is -2.55. The van der Waals surface area contributed by atoms with E-state index in [-0.39, 0.29) is 5.78 Å². The average molecular weight is 519 g/mol. The summed E-state index contributed by atoms with van der Waals surface area (Å²) in [6, 6.07) is 33.1. The molecule has 0 radical (unpaired) electrons. The Morgan fingerprint density at radius 3 is 1.85 bits per heavy atom. The van der Waals surface area contributed by atoms with Gasteiger partial charge in [-0.25, -0.2) is 9.59 Å². The summed E-state index contributed by atoms with van der Waals surface area (Å²) in [6.45, 7) is 3.51. The molecule has 0 saturated carbocycles. The topological polar surface area (TPSA) is 86.7 Å². The maximum atomic E-state index is 14.4. The van der Waals surface area contributed by atoms with Crippen molar-refractivity contribution < 1.29 is 19.5 Å². The summed E-state index contributed by atoms with van der Waals surface area (Å²) in [5.41, 5.74) is 1.66. The molecule has 0 aliphatic carbocycles. The molecular formula is C33H30N2O4. The fraction of sp³-hybridized carbons (Fsp3) is 0.182. The number of nitrogens with one attached hydrogen (secondary N) is 1. The van der Waals surface area contributed by atoms with E-state index in [1.54, 1.807) is 55.5 Å². The normalized spacial score (nSPS) is 22.3. The monoisotopic (exact) mass is 518 g/mol. The summed E-state index contributed by atoms with van der Waals surface area (Å²) >= 11 is 0. The number of hydrogen-bond donors (Lipinski definition) is 2. The Balaban J connectivity index is 1.76. The number of carbonyl (C=O) groups excluding carboxylic acids is 2. The lowest BCUT2D eigenvalue weighted by molar-refractivity contribution is -0.148. The number of urea groups is 1. The Labute approximate surface area is 227 Å². The molecule has 0 spiro atoms. The highest BCUT2D eigenvalue weighted by Gasteiger charge is 2.65. The Kier molecular flexibility index (Phi) is 7.03. The van der Waals surface area contributed by atoms with E-state index >= 15 is 0 Å². The van der Waals surface area contributed by atoms with Gasteiger partial charge in [-0.1, -0.05) is 109 Å². The zero-order valence-electron chi connectivity index (χ0n) is 21.8. The summed E-state index contributed by atoms with van der Waals surface area (Å²) in [6.07, 6.45) is 0. The number of carboxylic acids is 1. The first-order chi connectivity index (χ1) is 18.8. The Morgan fingerprint density at radius 1 is 0.744 bits per heavy atom. The number of aliphatic carboxylic acids is 1. The number of benzene rings is 4. The fourth-order valence-electron chi connectivity index (χ4n) is 5.81. The van der Waals surface area contributed by atoms with Crippen molar-refractivity contribution >= 4 is 23.5 Å². The largest absolute Gasteiger partial charge is 0.479 e. The van der Waals surface area contributed by atoms with Gasteiger partial charge in [0, 0.05) is 17.2 Å². The molecule has 2 amide bonds. The summed E-state index contributed by atoms with van der Waals surface area (Å²) in [5, 5.41) is 13.7. The minimum absolute atomic E-state index is 0.211. The van der Waals surface area contributed by atoms with E-state index in [4.69, 9.17) is 0 Å². The molecule has 0 aromatic heterocycles. The lowest BCUT2D eigenvalue weighted by Gasteiger charge is -2.37. The molecule has 4 aromatic rings. The number of amides is 2. The van der Waals surface area contributed by atoms with E-state index < -0.39 is 35.4 Å². The smallest absolute Gasteiger partial charge is 0.330 e. The van der Waals surface area contributed by atoms with Crippen LogP contribution in [-0.2, 0) is 4.79 Å². The molecule has 196 valence electrons. The second kappa shape index (κ2) is 10.6. The van der Waals surface area contributed by atoms with E-state index in [0.717, 1.165) is 5.56 Å². The van der Waals surface area contributed by atoms with Gasteiger partial charge in [0.05, 0.1) is 12.0 Å². The van der Waals surface area contributed by atoms with E-state index in [0.29, 0.717) is 22.4 Å². The molecule has 6 nitrogen and oxygen atoms in total. The molecule has 4 unspecified atom stereocenters.